The smallest absolute Gasteiger partial charge is 0.248 e. The molecule has 0 spiro atoms. The molecule has 1 aromatic carbocycles. The lowest BCUT2D eigenvalue weighted by atomic mass is 10.2. The molecule has 5 nitrogen and oxygen atoms in total. The Morgan fingerprint density at radius 1 is 1.40 bits per heavy atom. The number of carbonyl (C=O) groups is 1. The molecule has 0 aromatic heterocycles. The first kappa shape index (κ1) is 11.3. The van der Waals surface area contributed by atoms with E-state index in [1.54, 1.807) is 12.1 Å². The van der Waals surface area contributed by atoms with Crippen molar-refractivity contribution in [1.82, 2.24) is 0 Å². The van der Waals surface area contributed by atoms with E-state index in [2.05, 4.69) is 0 Å². The van der Waals surface area contributed by atoms with Gasteiger partial charge in [-0.2, -0.15) is 0 Å². The highest BCUT2D eigenvalue weighted by atomic mass is 16.5. The zero-order chi connectivity index (χ0) is 11.3. The molecule has 1 amide bonds. The Bertz CT molecular complexity index is 353. The number of nitrogens with two attached hydrogens (primary N) is 2. The van der Waals surface area contributed by atoms with Crippen LogP contribution in [0.25, 0.3) is 0 Å². The zero-order valence-corrected chi connectivity index (χ0v) is 8.53. The van der Waals surface area contributed by atoms with Crippen LogP contribution in [0.15, 0.2) is 18.2 Å². The lowest BCUT2D eigenvalue weighted by molar-refractivity contribution is 0.1000. The van der Waals surface area contributed by atoms with Gasteiger partial charge in [0.05, 0.1) is 7.11 Å². The Kier molecular flexibility index (Phi) is 3.93. The number of hydrogen-bond acceptors (Lipinski definition) is 4. The maximum Gasteiger partial charge on any atom is 0.248 e. The summed E-state index contributed by atoms with van der Waals surface area (Å²) >= 11 is 0. The third-order valence-electron chi connectivity index (χ3n) is 1.82. The van der Waals surface area contributed by atoms with Crippen molar-refractivity contribution >= 4 is 5.91 Å². The Balaban J connectivity index is 2.93. The molecule has 0 radical (unpaired) electrons. The van der Waals surface area contributed by atoms with E-state index < -0.39 is 5.91 Å². The minimum absolute atomic E-state index is 0.381. The predicted octanol–water partition coefficient (Wildman–Crippen LogP) is 0.132. The Morgan fingerprint density at radius 2 is 2.13 bits per heavy atom. The van der Waals surface area contributed by atoms with E-state index >= 15 is 0 Å². The SMILES string of the molecule is COc1cc(C(N)=O)ccc1OCCN. The van der Waals surface area contributed by atoms with Crippen molar-refractivity contribution in [2.45, 2.75) is 0 Å². The quantitative estimate of drug-likeness (QED) is 0.723. The fourth-order valence-corrected chi connectivity index (χ4v) is 1.11. The Hall–Kier alpha value is -1.75. The van der Waals surface area contributed by atoms with Crippen molar-refractivity contribution in [1.29, 1.82) is 0 Å². The molecule has 0 aliphatic heterocycles. The molecule has 82 valence electrons. The van der Waals surface area contributed by atoms with Gasteiger partial charge in [-0.15, -0.1) is 0 Å². The summed E-state index contributed by atoms with van der Waals surface area (Å²) in [5, 5.41) is 0. The summed E-state index contributed by atoms with van der Waals surface area (Å²) in [4.78, 5) is 10.9. The highest BCUT2D eigenvalue weighted by Crippen LogP contribution is 2.27. The number of hydrogen-bond donors (Lipinski definition) is 2. The predicted molar refractivity (Wildman–Crippen MR) is 56.1 cm³/mol. The van der Waals surface area contributed by atoms with E-state index in [1.165, 1.54) is 13.2 Å². The Labute approximate surface area is 88.0 Å². The van der Waals surface area contributed by atoms with E-state index in [9.17, 15) is 4.79 Å². The number of benzene rings is 1. The average molecular weight is 210 g/mol. The maximum absolute atomic E-state index is 10.9. The van der Waals surface area contributed by atoms with Gasteiger partial charge in [0.2, 0.25) is 5.91 Å². The molecule has 1 rings (SSSR count). The van der Waals surface area contributed by atoms with Crippen LogP contribution >= 0.6 is 0 Å². The summed E-state index contributed by atoms with van der Waals surface area (Å²) in [6, 6.07) is 4.75. The normalized spacial score (nSPS) is 9.73. The average Bonchev–Trinajstić information content (AvgIpc) is 2.25. The van der Waals surface area contributed by atoms with E-state index in [0.717, 1.165) is 0 Å². The van der Waals surface area contributed by atoms with Crippen LogP contribution in [0, 0.1) is 0 Å². The molecule has 0 bridgehead atoms. The van der Waals surface area contributed by atoms with Crippen LogP contribution in [0.1, 0.15) is 10.4 Å². The number of rotatable bonds is 5. The van der Waals surface area contributed by atoms with Gasteiger partial charge >= 0.3 is 0 Å². The number of carbonyl (C=O) groups excluding carboxylic acids is 1. The van der Waals surface area contributed by atoms with Crippen LogP contribution in [0.4, 0.5) is 0 Å². The second-order valence-corrected chi connectivity index (χ2v) is 2.87. The van der Waals surface area contributed by atoms with Gasteiger partial charge in [-0.25, -0.2) is 0 Å². The number of amides is 1. The maximum atomic E-state index is 10.9. The number of primary amides is 1. The largest absolute Gasteiger partial charge is 0.493 e. The molecular weight excluding hydrogens is 196 g/mol. The molecule has 0 aliphatic carbocycles. The van der Waals surface area contributed by atoms with Gasteiger partial charge in [-0.3, -0.25) is 4.79 Å². The third-order valence-corrected chi connectivity index (χ3v) is 1.82. The molecule has 0 fully saturated rings. The van der Waals surface area contributed by atoms with Gasteiger partial charge in [-0.05, 0) is 18.2 Å². The van der Waals surface area contributed by atoms with Crippen LogP contribution in [0.5, 0.6) is 11.5 Å². The second-order valence-electron chi connectivity index (χ2n) is 2.87. The van der Waals surface area contributed by atoms with Gasteiger partial charge in [0.1, 0.15) is 6.61 Å². The van der Waals surface area contributed by atoms with Crippen molar-refractivity contribution in [3.05, 3.63) is 23.8 Å². The van der Waals surface area contributed by atoms with Crippen LogP contribution in [-0.4, -0.2) is 26.2 Å². The summed E-state index contributed by atoms with van der Waals surface area (Å²) in [6.45, 7) is 0.813. The summed E-state index contributed by atoms with van der Waals surface area (Å²) in [6.07, 6.45) is 0. The zero-order valence-electron chi connectivity index (χ0n) is 8.53. The Morgan fingerprint density at radius 3 is 2.67 bits per heavy atom. The van der Waals surface area contributed by atoms with Crippen LogP contribution < -0.4 is 20.9 Å². The molecule has 15 heavy (non-hydrogen) atoms. The summed E-state index contributed by atoms with van der Waals surface area (Å²) in [5.74, 6) is 0.520. The summed E-state index contributed by atoms with van der Waals surface area (Å²) < 4.78 is 10.4. The molecular formula is C10H14N2O3. The highest BCUT2D eigenvalue weighted by molar-refractivity contribution is 5.93. The van der Waals surface area contributed by atoms with Crippen molar-refractivity contribution in [3.8, 4) is 11.5 Å². The van der Waals surface area contributed by atoms with Crippen LogP contribution in [0.2, 0.25) is 0 Å². The molecule has 4 N–H and O–H groups in total. The highest BCUT2D eigenvalue weighted by Gasteiger charge is 2.08. The van der Waals surface area contributed by atoms with Crippen LogP contribution in [0.3, 0.4) is 0 Å². The van der Waals surface area contributed by atoms with E-state index in [-0.39, 0.29) is 0 Å². The molecule has 0 saturated heterocycles. The first-order valence-corrected chi connectivity index (χ1v) is 4.49. The van der Waals surface area contributed by atoms with Gasteiger partial charge in [0.15, 0.2) is 11.5 Å². The lowest BCUT2D eigenvalue weighted by Gasteiger charge is -2.10. The number of methoxy groups -OCH3 is 1. The van der Waals surface area contributed by atoms with E-state index in [1.807, 2.05) is 0 Å². The molecule has 0 unspecified atom stereocenters. The standard InChI is InChI=1S/C10H14N2O3/c1-14-9-6-7(10(12)13)2-3-8(9)15-5-4-11/h2-3,6H,4-5,11H2,1H3,(H2,12,13). The van der Waals surface area contributed by atoms with Gasteiger partial charge in [-0.1, -0.05) is 0 Å². The first-order valence-electron chi connectivity index (χ1n) is 4.49. The van der Waals surface area contributed by atoms with Gasteiger partial charge in [0.25, 0.3) is 0 Å². The fraction of sp³-hybridized carbons (Fsp3) is 0.300. The second kappa shape index (κ2) is 5.21. The van der Waals surface area contributed by atoms with Gasteiger partial charge in [0, 0.05) is 12.1 Å². The fourth-order valence-electron chi connectivity index (χ4n) is 1.11. The van der Waals surface area contributed by atoms with Crippen molar-refractivity contribution in [2.75, 3.05) is 20.3 Å². The molecule has 5 heteroatoms. The third kappa shape index (κ3) is 2.85. The molecule has 0 atom stereocenters. The molecule has 0 heterocycles. The molecule has 1 aromatic rings. The first-order chi connectivity index (χ1) is 7.19. The summed E-state index contributed by atoms with van der Waals surface area (Å²) in [5.41, 5.74) is 10.8. The van der Waals surface area contributed by atoms with E-state index in [4.69, 9.17) is 20.9 Å². The topological polar surface area (TPSA) is 87.6 Å². The number of ether oxygens (including phenoxy) is 2. The minimum atomic E-state index is -0.501. The monoisotopic (exact) mass is 210 g/mol. The van der Waals surface area contributed by atoms with Crippen molar-refractivity contribution < 1.29 is 14.3 Å². The minimum Gasteiger partial charge on any atom is -0.493 e. The van der Waals surface area contributed by atoms with Crippen molar-refractivity contribution in [3.63, 3.8) is 0 Å². The summed E-state index contributed by atoms with van der Waals surface area (Å²) in [7, 11) is 1.50. The van der Waals surface area contributed by atoms with E-state index in [0.29, 0.717) is 30.2 Å². The molecule has 0 aliphatic rings. The lowest BCUT2D eigenvalue weighted by Crippen LogP contribution is -2.13. The van der Waals surface area contributed by atoms with Crippen molar-refractivity contribution in [2.24, 2.45) is 11.5 Å². The molecule has 0 saturated carbocycles. The van der Waals surface area contributed by atoms with Gasteiger partial charge < -0.3 is 20.9 Å². The van der Waals surface area contributed by atoms with Crippen LogP contribution in [-0.2, 0) is 0 Å².